The SMILES string of the molecule is CCCCNc1ccc2c(C(C)OC(=O)N(C)CCNC)c3ccc(=[N+]4CCCC4)cc-3oc2c1. The number of amides is 1. The standard InChI is InChI=1S/C28H38N4O3/c1-5-6-13-30-21-9-11-23-25(18-21)35-26-19-22(32-15-7-8-16-32)10-12-24(26)27(23)20(2)34-28(33)31(4)17-14-29-3/h9-12,18-20,29H,5-8,13-17H2,1-4H3/p+1. The van der Waals surface area contributed by atoms with Crippen molar-refractivity contribution in [2.24, 2.45) is 0 Å². The molecule has 4 rings (SSSR count). The zero-order valence-corrected chi connectivity index (χ0v) is 21.5. The number of ether oxygens (including phenoxy) is 1. The zero-order chi connectivity index (χ0) is 24.8. The highest BCUT2D eigenvalue weighted by Crippen LogP contribution is 2.38. The lowest BCUT2D eigenvalue weighted by molar-refractivity contribution is 0.0776. The third-order valence-corrected chi connectivity index (χ3v) is 6.77. The molecule has 2 aliphatic heterocycles. The number of rotatable bonds is 9. The summed E-state index contributed by atoms with van der Waals surface area (Å²) in [6, 6.07) is 12.6. The van der Waals surface area contributed by atoms with Crippen molar-refractivity contribution in [1.29, 1.82) is 0 Å². The molecule has 1 aromatic carbocycles. The first-order valence-corrected chi connectivity index (χ1v) is 12.9. The molecule has 2 N–H and O–H groups in total. The lowest BCUT2D eigenvalue weighted by Gasteiger charge is -2.23. The summed E-state index contributed by atoms with van der Waals surface area (Å²) in [5.74, 6) is 0.814. The van der Waals surface area contributed by atoms with Gasteiger partial charge in [-0.2, -0.15) is 0 Å². The number of hydrogen-bond acceptors (Lipinski definition) is 5. The highest BCUT2D eigenvalue weighted by Gasteiger charge is 2.25. The van der Waals surface area contributed by atoms with E-state index in [1.807, 2.05) is 14.0 Å². The molecule has 0 radical (unpaired) electrons. The van der Waals surface area contributed by atoms with Gasteiger partial charge >= 0.3 is 6.09 Å². The summed E-state index contributed by atoms with van der Waals surface area (Å²) in [5, 5.41) is 8.70. The van der Waals surface area contributed by atoms with Gasteiger partial charge in [0, 0.05) is 73.9 Å². The first-order valence-electron chi connectivity index (χ1n) is 12.9. The molecule has 1 aromatic rings. The van der Waals surface area contributed by atoms with Crippen molar-refractivity contribution in [2.45, 2.75) is 45.6 Å². The number of anilines is 1. The Morgan fingerprint density at radius 3 is 2.71 bits per heavy atom. The van der Waals surface area contributed by atoms with Gasteiger partial charge in [0.25, 0.3) is 0 Å². The highest BCUT2D eigenvalue weighted by atomic mass is 16.6. The van der Waals surface area contributed by atoms with Crippen LogP contribution in [0.25, 0.3) is 22.3 Å². The predicted octanol–water partition coefficient (Wildman–Crippen LogP) is 4.66. The van der Waals surface area contributed by atoms with E-state index in [9.17, 15) is 4.79 Å². The van der Waals surface area contributed by atoms with Crippen molar-refractivity contribution < 1.29 is 13.9 Å². The Kier molecular flexibility index (Phi) is 8.29. The van der Waals surface area contributed by atoms with Crippen LogP contribution >= 0.6 is 0 Å². The first kappa shape index (κ1) is 25.0. The summed E-state index contributed by atoms with van der Waals surface area (Å²) in [6.07, 6.45) is 3.94. The molecule has 7 nitrogen and oxygen atoms in total. The van der Waals surface area contributed by atoms with Gasteiger partial charge in [0.15, 0.2) is 0 Å². The molecule has 2 heterocycles. The van der Waals surface area contributed by atoms with Gasteiger partial charge in [0.2, 0.25) is 5.36 Å². The van der Waals surface area contributed by atoms with E-state index in [0.717, 1.165) is 66.0 Å². The van der Waals surface area contributed by atoms with Crippen molar-refractivity contribution in [1.82, 2.24) is 14.8 Å². The van der Waals surface area contributed by atoms with Gasteiger partial charge in [-0.05, 0) is 38.6 Å². The minimum absolute atomic E-state index is 0.332. The van der Waals surface area contributed by atoms with Crippen molar-refractivity contribution in [3.63, 3.8) is 0 Å². The van der Waals surface area contributed by atoms with E-state index in [1.54, 1.807) is 11.9 Å². The molecule has 1 atom stereocenters. The molecular formula is C28H39N4O3+. The summed E-state index contributed by atoms with van der Waals surface area (Å²) < 4.78 is 14.8. The number of benzene rings is 2. The third kappa shape index (κ3) is 5.78. The van der Waals surface area contributed by atoms with Crippen LogP contribution in [0.3, 0.4) is 0 Å². The Morgan fingerprint density at radius 2 is 1.97 bits per heavy atom. The van der Waals surface area contributed by atoms with Crippen LogP contribution in [0.2, 0.25) is 0 Å². The quantitative estimate of drug-likeness (QED) is 0.265. The second-order valence-electron chi connectivity index (χ2n) is 9.43. The molecule has 1 amide bonds. The lowest BCUT2D eigenvalue weighted by atomic mass is 9.95. The van der Waals surface area contributed by atoms with E-state index in [1.165, 1.54) is 18.2 Å². The maximum Gasteiger partial charge on any atom is 0.410 e. The molecule has 0 saturated carbocycles. The molecule has 1 saturated heterocycles. The average molecular weight is 480 g/mol. The van der Waals surface area contributed by atoms with Crippen molar-refractivity contribution >= 4 is 22.7 Å². The fourth-order valence-corrected chi connectivity index (χ4v) is 4.71. The van der Waals surface area contributed by atoms with Crippen molar-refractivity contribution in [3.8, 4) is 11.3 Å². The van der Waals surface area contributed by atoms with Gasteiger partial charge in [-0.3, -0.25) is 0 Å². The third-order valence-electron chi connectivity index (χ3n) is 6.77. The molecule has 0 aromatic heterocycles. The smallest absolute Gasteiger partial charge is 0.410 e. The fraction of sp³-hybridized carbons (Fsp3) is 0.500. The van der Waals surface area contributed by atoms with Gasteiger partial charge in [-0.15, -0.1) is 0 Å². The van der Waals surface area contributed by atoms with Gasteiger partial charge in [-0.1, -0.05) is 13.3 Å². The van der Waals surface area contributed by atoms with Crippen LogP contribution in [0.4, 0.5) is 10.5 Å². The Labute approximate surface area is 208 Å². The minimum Gasteiger partial charge on any atom is -0.456 e. The molecule has 0 bridgehead atoms. The molecule has 7 heteroatoms. The van der Waals surface area contributed by atoms with Crippen molar-refractivity contribution in [2.75, 3.05) is 52.1 Å². The average Bonchev–Trinajstić information content (AvgIpc) is 3.40. The van der Waals surface area contributed by atoms with Crippen molar-refractivity contribution in [3.05, 3.63) is 47.3 Å². The fourth-order valence-electron chi connectivity index (χ4n) is 4.71. The number of carbonyl (C=O) groups is 1. The van der Waals surface area contributed by atoms with Gasteiger partial charge in [-0.25, -0.2) is 9.37 Å². The number of hydrogen-bond donors (Lipinski definition) is 2. The minimum atomic E-state index is -0.433. The maximum atomic E-state index is 12.8. The van der Waals surface area contributed by atoms with Crippen LogP contribution in [-0.2, 0) is 4.74 Å². The number of fused-ring (bicyclic) bond motifs is 2. The van der Waals surface area contributed by atoms with Crippen LogP contribution < -0.4 is 20.6 Å². The molecule has 3 aliphatic rings. The number of nitrogens with one attached hydrogen (secondary N) is 2. The topological polar surface area (TPSA) is 69.8 Å². The van der Waals surface area contributed by atoms with Crippen LogP contribution in [0.5, 0.6) is 0 Å². The number of carbonyl (C=O) groups excluding carboxylic acids is 1. The molecule has 188 valence electrons. The zero-order valence-electron chi connectivity index (χ0n) is 21.5. The van der Waals surface area contributed by atoms with E-state index in [-0.39, 0.29) is 6.09 Å². The molecule has 1 aliphatic carbocycles. The second kappa shape index (κ2) is 11.6. The Bertz CT molecular complexity index is 1190. The molecule has 35 heavy (non-hydrogen) atoms. The normalized spacial score (nSPS) is 14.5. The molecule has 0 spiro atoms. The van der Waals surface area contributed by atoms with E-state index in [2.05, 4.69) is 58.5 Å². The van der Waals surface area contributed by atoms with Gasteiger partial charge in [0.1, 0.15) is 30.5 Å². The maximum absolute atomic E-state index is 12.8. The number of unbranched alkanes of at least 4 members (excludes halogenated alkanes) is 1. The summed E-state index contributed by atoms with van der Waals surface area (Å²) >= 11 is 0. The Balaban J connectivity index is 1.77. The number of nitrogens with zero attached hydrogens (tertiary/aromatic N) is 2. The summed E-state index contributed by atoms with van der Waals surface area (Å²) in [7, 11) is 3.63. The largest absolute Gasteiger partial charge is 0.456 e. The summed E-state index contributed by atoms with van der Waals surface area (Å²) in [5.41, 5.74) is 3.78. The Morgan fingerprint density at radius 1 is 1.17 bits per heavy atom. The molecule has 1 unspecified atom stereocenters. The van der Waals surface area contributed by atoms with Crippen LogP contribution in [-0.4, -0.2) is 57.8 Å². The second-order valence-corrected chi connectivity index (χ2v) is 9.43. The highest BCUT2D eigenvalue weighted by molar-refractivity contribution is 5.90. The number of likely N-dealkylation sites (N-methyl/N-ethyl adjacent to an activating group) is 2. The van der Waals surface area contributed by atoms with E-state index in [0.29, 0.717) is 13.1 Å². The van der Waals surface area contributed by atoms with Crippen LogP contribution in [0.1, 0.15) is 51.2 Å². The van der Waals surface area contributed by atoms with E-state index < -0.39 is 6.10 Å². The van der Waals surface area contributed by atoms with E-state index >= 15 is 0 Å². The Hall–Kier alpha value is -3.06. The van der Waals surface area contributed by atoms with E-state index in [4.69, 9.17) is 9.15 Å². The molecule has 1 fully saturated rings. The lowest BCUT2D eigenvalue weighted by Crippen LogP contribution is -2.33. The monoisotopic (exact) mass is 479 g/mol. The summed E-state index contributed by atoms with van der Waals surface area (Å²) in [6.45, 7) is 8.50. The predicted molar refractivity (Wildman–Crippen MR) is 142 cm³/mol. The summed E-state index contributed by atoms with van der Waals surface area (Å²) in [4.78, 5) is 14.4. The van der Waals surface area contributed by atoms with Crippen LogP contribution in [0, 0.1) is 0 Å². The molecular weight excluding hydrogens is 440 g/mol. The van der Waals surface area contributed by atoms with Gasteiger partial charge in [0.05, 0.1) is 6.07 Å². The van der Waals surface area contributed by atoms with Gasteiger partial charge < -0.3 is 24.7 Å². The first-order chi connectivity index (χ1) is 17.0. The van der Waals surface area contributed by atoms with Crippen LogP contribution in [0.15, 0.2) is 40.8 Å².